The molecule has 5 aromatic rings. The number of hydrogen-bond acceptors (Lipinski definition) is 14. The number of nitriles is 1. The first-order valence-electron chi connectivity index (χ1n) is 28.0. The maximum atomic E-state index is 17.6. The molecule has 4 amide bonds. The fourth-order valence-electron chi connectivity index (χ4n) is 13.7. The van der Waals surface area contributed by atoms with E-state index >= 15 is 17.6 Å². The zero-order valence-electron chi connectivity index (χ0n) is 45.2. The van der Waals surface area contributed by atoms with Gasteiger partial charge in [0, 0.05) is 79.6 Å². The molecule has 7 aliphatic rings. The summed E-state index contributed by atoms with van der Waals surface area (Å²) in [6, 6.07) is 11.1. The maximum Gasteiger partial charge on any atom is 0.319 e. The summed E-state index contributed by atoms with van der Waals surface area (Å²) in [7, 11) is 1.38. The minimum atomic E-state index is -3.01. The Kier molecular flexibility index (Phi) is 14.0. The number of ether oxygens (including phenoxy) is 2. The molecule has 3 aromatic carbocycles. The predicted octanol–water partition coefficient (Wildman–Crippen LogP) is 7.30. The number of halogens is 4. The molecule has 0 spiro atoms. The molecule has 2 N–H and O–H groups in total. The van der Waals surface area contributed by atoms with Gasteiger partial charge >= 0.3 is 6.01 Å². The topological polar surface area (TPSA) is 198 Å². The first kappa shape index (κ1) is 54.0. The molecule has 8 heterocycles. The highest BCUT2D eigenvalue weighted by atomic mass is 19.3. The Morgan fingerprint density at radius 2 is 1.69 bits per heavy atom. The summed E-state index contributed by atoms with van der Waals surface area (Å²) in [5.41, 5.74) is 0.640. The molecule has 12 rings (SSSR count). The zero-order chi connectivity index (χ0) is 56.6. The molecule has 21 heteroatoms. The number of alkyl halides is 2. The second-order valence-electron chi connectivity index (χ2n) is 23.5. The van der Waals surface area contributed by atoms with Gasteiger partial charge < -0.3 is 34.2 Å². The van der Waals surface area contributed by atoms with Crippen LogP contribution in [0.1, 0.15) is 104 Å². The lowest BCUT2D eigenvalue weighted by Gasteiger charge is -2.42. The van der Waals surface area contributed by atoms with Crippen LogP contribution in [-0.4, -0.2) is 153 Å². The number of terminal acetylenes is 1. The Balaban J connectivity index is 0.732. The smallest absolute Gasteiger partial charge is 0.319 e. The number of fused-ring (bicyclic) bond motifs is 5. The van der Waals surface area contributed by atoms with Crippen LogP contribution in [0.4, 0.5) is 23.4 Å². The van der Waals surface area contributed by atoms with E-state index in [1.54, 1.807) is 25.1 Å². The number of phenolic OH excluding ortho intramolecular Hbond substituents is 1. The summed E-state index contributed by atoms with van der Waals surface area (Å²) in [4.78, 5) is 75.0. The molecule has 2 aromatic heterocycles. The first-order chi connectivity index (χ1) is 38.9. The van der Waals surface area contributed by atoms with Crippen LogP contribution in [0.2, 0.25) is 0 Å². The van der Waals surface area contributed by atoms with Crippen LogP contribution in [0.15, 0.2) is 42.5 Å². The monoisotopic (exact) mass is 1110 g/mol. The third-order valence-corrected chi connectivity index (χ3v) is 18.0. The van der Waals surface area contributed by atoms with E-state index in [1.807, 2.05) is 14.7 Å². The predicted molar refractivity (Wildman–Crippen MR) is 289 cm³/mol. The van der Waals surface area contributed by atoms with Crippen LogP contribution in [0.5, 0.6) is 17.6 Å². The Bertz CT molecular complexity index is 3490. The van der Waals surface area contributed by atoms with E-state index in [1.165, 1.54) is 36.3 Å². The molecule has 5 saturated heterocycles. The Morgan fingerprint density at radius 1 is 0.938 bits per heavy atom. The van der Waals surface area contributed by atoms with Crippen molar-refractivity contribution in [2.45, 2.75) is 108 Å². The first-order valence-corrected chi connectivity index (χ1v) is 28.0. The molecule has 5 atom stereocenters. The summed E-state index contributed by atoms with van der Waals surface area (Å²) in [6.07, 6.45) is 11.4. The van der Waals surface area contributed by atoms with Gasteiger partial charge in [-0.05, 0) is 125 Å². The summed E-state index contributed by atoms with van der Waals surface area (Å²) in [5, 5.41) is 23.3. The van der Waals surface area contributed by atoms with Crippen LogP contribution < -0.4 is 19.7 Å². The molecule has 6 fully saturated rings. The molecule has 422 valence electrons. The second kappa shape index (κ2) is 21.0. The van der Waals surface area contributed by atoms with Gasteiger partial charge in [0.2, 0.25) is 23.6 Å². The number of anilines is 1. The number of aromatic hydroxyl groups is 1. The van der Waals surface area contributed by atoms with Crippen LogP contribution in [-0.2, 0) is 20.9 Å². The Labute approximate surface area is 465 Å². The van der Waals surface area contributed by atoms with Crippen LogP contribution >= 0.6 is 0 Å². The number of benzene rings is 3. The van der Waals surface area contributed by atoms with Gasteiger partial charge in [0.25, 0.3) is 11.8 Å². The number of hydrogen-bond donors (Lipinski definition) is 2. The summed E-state index contributed by atoms with van der Waals surface area (Å²) >= 11 is 0. The van der Waals surface area contributed by atoms with Crippen molar-refractivity contribution in [2.24, 2.45) is 17.3 Å². The zero-order valence-corrected chi connectivity index (χ0v) is 45.2. The SMILES string of the molecule is C#Cc1c(F)ccc2cc(O)cc(-c3nc(OC)c4c(N5CC6CCC(C5)N6C(=O)CC(C)C#N)nc(OCC5(CN6CCC(CN7CCC(c8ccc9c(c8)CN(C8CCC(=O)NC8=O)C9=O)C(F)(F)C7)CC6)CC5)nc4c3F)c12. The number of amides is 4. The van der Waals surface area contributed by atoms with Crippen molar-refractivity contribution in [3.05, 3.63) is 76.4 Å². The number of pyridine rings is 1. The highest BCUT2D eigenvalue weighted by Gasteiger charge is 2.49. The molecular weight excluding hydrogens is 1050 g/mol. The standard InChI is InChI=1S/C60H62F4N10O7/c1-4-41-45(61)10-6-36-23-40(75)24-43(49(36)41)52-51(62)53-50(56(67-52)80-3)54(72-28-38-7-8-39(29-72)74(38)48(77)21-33(2)25-65)69-58(68-53)81-32-59(16-17-59)30-70-18-13-34(14-19-70)26-71-20-15-44(60(63,64)31-71)35-5-9-42-37(22-35)27-73(57(42)79)46-11-12-47(76)66-55(46)78/h1,5-6,9-10,22-24,33-34,38-39,44,46,75H,7-8,11-21,26-32H2,2-3H3,(H,66,76,78). The summed E-state index contributed by atoms with van der Waals surface area (Å²) < 4.78 is 77.6. The number of piperazine rings is 1. The van der Waals surface area contributed by atoms with Gasteiger partial charge in [-0.3, -0.25) is 29.4 Å². The molecule has 17 nitrogen and oxygen atoms in total. The number of likely N-dealkylation sites (tertiary alicyclic amines) is 2. The lowest BCUT2D eigenvalue weighted by molar-refractivity contribution is -0.137. The molecule has 2 bridgehead atoms. The summed E-state index contributed by atoms with van der Waals surface area (Å²) in [6.45, 7) is 5.74. The maximum absolute atomic E-state index is 17.6. The van der Waals surface area contributed by atoms with E-state index in [0.717, 1.165) is 58.2 Å². The van der Waals surface area contributed by atoms with Gasteiger partial charge in [-0.2, -0.15) is 15.2 Å². The van der Waals surface area contributed by atoms with Crippen molar-refractivity contribution < 1.29 is 51.3 Å². The molecule has 5 unspecified atom stereocenters. The number of methoxy groups -OCH3 is 1. The number of piperidine rings is 3. The van der Waals surface area contributed by atoms with E-state index in [-0.39, 0.29) is 137 Å². The van der Waals surface area contributed by atoms with E-state index in [4.69, 9.17) is 25.9 Å². The van der Waals surface area contributed by atoms with Crippen molar-refractivity contribution in [2.75, 3.05) is 71.0 Å². The largest absolute Gasteiger partial charge is 0.508 e. The van der Waals surface area contributed by atoms with Crippen LogP contribution in [0.3, 0.4) is 0 Å². The van der Waals surface area contributed by atoms with Gasteiger partial charge in [0.05, 0.1) is 43.7 Å². The minimum Gasteiger partial charge on any atom is -0.508 e. The number of phenols is 1. The number of nitrogens with one attached hydrogen (secondary N) is 1. The van der Waals surface area contributed by atoms with E-state index < -0.39 is 41.3 Å². The van der Waals surface area contributed by atoms with Gasteiger partial charge in [0.1, 0.15) is 40.0 Å². The van der Waals surface area contributed by atoms with Crippen molar-refractivity contribution in [3.8, 4) is 47.3 Å². The van der Waals surface area contributed by atoms with Gasteiger partial charge in [-0.1, -0.05) is 24.1 Å². The molecule has 0 radical (unpaired) electrons. The molecule has 1 saturated carbocycles. The number of aromatic nitrogens is 3. The van der Waals surface area contributed by atoms with E-state index in [0.29, 0.717) is 54.1 Å². The average molecular weight is 1110 g/mol. The number of rotatable bonds is 14. The van der Waals surface area contributed by atoms with Crippen LogP contribution in [0, 0.1) is 52.6 Å². The van der Waals surface area contributed by atoms with Crippen molar-refractivity contribution in [1.29, 1.82) is 5.26 Å². The average Bonchev–Trinajstić information content (AvgIpc) is 3.90. The van der Waals surface area contributed by atoms with Gasteiger partial charge in [-0.15, -0.1) is 6.42 Å². The molecule has 6 aliphatic heterocycles. The fraction of sp³-hybridized carbons (Fsp3) is 0.500. The van der Waals surface area contributed by atoms with Crippen molar-refractivity contribution in [3.63, 3.8) is 0 Å². The highest BCUT2D eigenvalue weighted by Crippen LogP contribution is 2.49. The minimum absolute atomic E-state index is 0.0212. The lowest BCUT2D eigenvalue weighted by atomic mass is 9.84. The lowest BCUT2D eigenvalue weighted by Crippen LogP contribution is -2.56. The Morgan fingerprint density at radius 3 is 2.38 bits per heavy atom. The van der Waals surface area contributed by atoms with Crippen molar-refractivity contribution in [1.82, 2.24) is 39.9 Å². The third kappa shape index (κ3) is 10.1. The van der Waals surface area contributed by atoms with E-state index in [9.17, 15) is 29.5 Å². The number of carbonyl (C=O) groups is 4. The van der Waals surface area contributed by atoms with Crippen molar-refractivity contribution >= 4 is 51.1 Å². The Hall–Kier alpha value is -7.62. The fourth-order valence-corrected chi connectivity index (χ4v) is 13.7. The second-order valence-corrected chi connectivity index (χ2v) is 23.5. The van der Waals surface area contributed by atoms with Gasteiger partial charge in [0.15, 0.2) is 5.82 Å². The number of carbonyl (C=O) groups excluding carboxylic acids is 4. The number of imide groups is 1. The summed E-state index contributed by atoms with van der Waals surface area (Å²) in [5.74, 6) is -4.79. The number of nitrogens with zero attached hydrogens (tertiary/aromatic N) is 9. The van der Waals surface area contributed by atoms with Gasteiger partial charge in [-0.25, -0.2) is 22.5 Å². The van der Waals surface area contributed by atoms with Crippen LogP contribution in [0.25, 0.3) is 32.9 Å². The quantitative estimate of drug-likeness (QED) is 0.0638. The van der Waals surface area contributed by atoms with E-state index in [2.05, 4.69) is 27.2 Å². The molecule has 1 aliphatic carbocycles. The molecule has 81 heavy (non-hydrogen) atoms. The molecular formula is C60H62F4N10O7. The third-order valence-electron chi connectivity index (χ3n) is 18.0. The highest BCUT2D eigenvalue weighted by molar-refractivity contribution is 6.06. The normalized spacial score (nSPS) is 24.0.